The van der Waals surface area contributed by atoms with Crippen LogP contribution in [-0.2, 0) is 20.7 Å². The predicted octanol–water partition coefficient (Wildman–Crippen LogP) is 2.18. The van der Waals surface area contributed by atoms with Crippen molar-refractivity contribution in [2.45, 2.75) is 77.1 Å². The molecule has 1 saturated heterocycles. The Morgan fingerprint density at radius 1 is 0.977 bits per heavy atom. The van der Waals surface area contributed by atoms with E-state index in [4.69, 9.17) is 4.74 Å². The molecule has 1 fully saturated rings. The Morgan fingerprint density at radius 2 is 1.55 bits per heavy atom. The summed E-state index contributed by atoms with van der Waals surface area (Å²) in [6.45, 7) is 5.96. The summed E-state index contributed by atoms with van der Waals surface area (Å²) >= 11 is 0. The maximum absolute atomic E-state index is 14.6. The number of amides is 2. The number of ether oxygens (including phenoxy) is 1. The number of esters is 1. The minimum absolute atomic E-state index is 0.0732. The third-order valence-electron chi connectivity index (χ3n) is 7.35. The molecule has 0 bridgehead atoms. The monoisotopic (exact) mass is 631 g/mol. The Morgan fingerprint density at radius 3 is 2.11 bits per heavy atom. The lowest BCUT2D eigenvalue weighted by atomic mass is 9.90. The van der Waals surface area contributed by atoms with E-state index in [0.29, 0.717) is 0 Å². The number of rotatable bonds is 6. The number of carbonyl (C=O) groups excluding carboxylic acids is 3. The minimum atomic E-state index is -2.40. The number of phenolic OH excluding ortho intramolecular Hbond substituents is 1. The molecule has 3 rings (SSSR count). The SMILES string of the molecule is CC(C)CC1NC(=O)C(C)C(O)C(Cc2c(F)c(F)c(F)c(F)c2F)NC(O)C(NC(=O)c2ccccc2O)C(C)OC1=O. The second kappa shape index (κ2) is 14.3. The molecule has 2 aromatic carbocycles. The largest absolute Gasteiger partial charge is 0.507 e. The van der Waals surface area contributed by atoms with Crippen molar-refractivity contribution in [2.75, 3.05) is 0 Å². The lowest BCUT2D eigenvalue weighted by Gasteiger charge is -2.37. The summed E-state index contributed by atoms with van der Waals surface area (Å²) in [5.41, 5.74) is -1.57. The predicted molar refractivity (Wildman–Crippen MR) is 144 cm³/mol. The van der Waals surface area contributed by atoms with Crippen LogP contribution in [0.1, 0.15) is 50.0 Å². The third-order valence-corrected chi connectivity index (χ3v) is 7.35. The van der Waals surface area contributed by atoms with Gasteiger partial charge in [0.1, 0.15) is 30.2 Å². The molecule has 6 N–H and O–H groups in total. The van der Waals surface area contributed by atoms with Crippen LogP contribution in [0.15, 0.2) is 24.3 Å². The van der Waals surface area contributed by atoms with Crippen LogP contribution in [-0.4, -0.2) is 69.7 Å². The topological polar surface area (TPSA) is 157 Å². The molecule has 1 aliphatic rings. The van der Waals surface area contributed by atoms with Crippen LogP contribution >= 0.6 is 0 Å². The molecule has 7 unspecified atom stereocenters. The fraction of sp³-hybridized carbons (Fsp3) is 0.483. The summed E-state index contributed by atoms with van der Waals surface area (Å²) < 4.78 is 76.4. The normalized spacial score (nSPS) is 26.8. The van der Waals surface area contributed by atoms with Crippen LogP contribution in [0.4, 0.5) is 22.0 Å². The second-order valence-electron chi connectivity index (χ2n) is 11.1. The Hall–Kier alpha value is -3.82. The number of hydrogen-bond donors (Lipinski definition) is 6. The highest BCUT2D eigenvalue weighted by molar-refractivity contribution is 5.97. The van der Waals surface area contributed by atoms with Crippen LogP contribution in [0.3, 0.4) is 0 Å². The zero-order chi connectivity index (χ0) is 33.0. The average molecular weight is 632 g/mol. The van der Waals surface area contributed by atoms with Crippen molar-refractivity contribution in [3.63, 3.8) is 0 Å². The van der Waals surface area contributed by atoms with E-state index in [2.05, 4.69) is 16.0 Å². The van der Waals surface area contributed by atoms with E-state index in [1.165, 1.54) is 38.1 Å². The van der Waals surface area contributed by atoms with Crippen LogP contribution in [0.2, 0.25) is 0 Å². The molecule has 2 amide bonds. The van der Waals surface area contributed by atoms with Gasteiger partial charge in [-0.25, -0.2) is 26.7 Å². The Bertz CT molecular complexity index is 1370. The summed E-state index contributed by atoms with van der Waals surface area (Å²) in [6.07, 6.45) is -6.39. The van der Waals surface area contributed by atoms with Gasteiger partial charge in [0.2, 0.25) is 11.7 Å². The van der Waals surface area contributed by atoms with Gasteiger partial charge < -0.3 is 30.7 Å². The molecule has 0 saturated carbocycles. The molecule has 7 atom stereocenters. The molecule has 2 aromatic rings. The highest BCUT2D eigenvalue weighted by Crippen LogP contribution is 2.26. The van der Waals surface area contributed by atoms with Gasteiger partial charge >= 0.3 is 5.97 Å². The first-order valence-electron chi connectivity index (χ1n) is 13.8. The lowest BCUT2D eigenvalue weighted by molar-refractivity contribution is -0.157. The number of nitrogens with one attached hydrogen (secondary N) is 3. The van der Waals surface area contributed by atoms with Gasteiger partial charge in [-0.3, -0.25) is 14.9 Å². The summed E-state index contributed by atoms with van der Waals surface area (Å²) in [6, 6.07) is 0.736. The maximum atomic E-state index is 14.6. The molecular formula is C29H34F5N3O7. The second-order valence-corrected chi connectivity index (χ2v) is 11.1. The molecule has 10 nitrogen and oxygen atoms in total. The first-order chi connectivity index (χ1) is 20.5. The lowest BCUT2D eigenvalue weighted by Crippen LogP contribution is -2.62. The molecule has 1 aliphatic heterocycles. The molecule has 15 heteroatoms. The highest BCUT2D eigenvalue weighted by atomic mass is 19.2. The highest BCUT2D eigenvalue weighted by Gasteiger charge is 2.40. The van der Waals surface area contributed by atoms with E-state index in [9.17, 15) is 51.7 Å². The fourth-order valence-corrected chi connectivity index (χ4v) is 4.83. The van der Waals surface area contributed by atoms with Crippen LogP contribution in [0.5, 0.6) is 5.75 Å². The van der Waals surface area contributed by atoms with Gasteiger partial charge in [0.25, 0.3) is 5.91 Å². The van der Waals surface area contributed by atoms with Crippen molar-refractivity contribution in [3.05, 3.63) is 64.5 Å². The van der Waals surface area contributed by atoms with Crippen molar-refractivity contribution >= 4 is 17.8 Å². The van der Waals surface area contributed by atoms with Gasteiger partial charge in [-0.2, -0.15) is 0 Å². The molecule has 0 aliphatic carbocycles. The number of aliphatic hydroxyl groups excluding tert-OH is 2. The smallest absolute Gasteiger partial charge is 0.328 e. The van der Waals surface area contributed by atoms with Crippen molar-refractivity contribution in [1.82, 2.24) is 16.0 Å². The molecule has 44 heavy (non-hydrogen) atoms. The standard InChI is InChI=1S/C29H34F5N3O7/c1-11(2)9-17-29(43)44-13(4)24(37-27(41)14-7-5-6-8-18(14)38)28(42)35-16(25(39)12(3)26(40)36-17)10-15-19(30)21(32)23(34)22(33)20(15)31/h5-8,11-13,16-17,24-25,28,35,38-39,42H,9-10H2,1-4H3,(H,36,40)(H,37,41). The summed E-state index contributed by atoms with van der Waals surface area (Å²) in [4.78, 5) is 39.2. The number of carbonyl (C=O) groups is 3. The number of para-hydroxylation sites is 1. The Labute approximate surface area is 249 Å². The molecule has 0 aromatic heterocycles. The number of benzene rings is 2. The summed E-state index contributed by atoms with van der Waals surface area (Å²) in [7, 11) is 0. The van der Waals surface area contributed by atoms with Crippen molar-refractivity contribution in [3.8, 4) is 5.75 Å². The van der Waals surface area contributed by atoms with Gasteiger partial charge in [0.05, 0.1) is 17.6 Å². The molecule has 1 heterocycles. The molecule has 0 radical (unpaired) electrons. The first-order valence-corrected chi connectivity index (χ1v) is 13.8. The van der Waals surface area contributed by atoms with Crippen LogP contribution in [0, 0.1) is 40.9 Å². The van der Waals surface area contributed by atoms with E-state index >= 15 is 0 Å². The van der Waals surface area contributed by atoms with E-state index < -0.39 is 107 Å². The summed E-state index contributed by atoms with van der Waals surface area (Å²) in [5, 5.41) is 39.7. The van der Waals surface area contributed by atoms with Gasteiger partial charge in [0.15, 0.2) is 23.3 Å². The van der Waals surface area contributed by atoms with Crippen LogP contribution in [0.25, 0.3) is 0 Å². The zero-order valence-corrected chi connectivity index (χ0v) is 24.2. The fourth-order valence-electron chi connectivity index (χ4n) is 4.83. The minimum Gasteiger partial charge on any atom is -0.507 e. The van der Waals surface area contributed by atoms with E-state index in [0.717, 1.165) is 0 Å². The van der Waals surface area contributed by atoms with E-state index in [1.54, 1.807) is 13.8 Å². The number of cyclic esters (lactones) is 1. The van der Waals surface area contributed by atoms with Crippen molar-refractivity contribution < 1.29 is 56.4 Å². The molecule has 242 valence electrons. The first kappa shape index (κ1) is 34.7. The van der Waals surface area contributed by atoms with Crippen molar-refractivity contribution in [2.24, 2.45) is 11.8 Å². The number of aromatic hydroxyl groups is 1. The third kappa shape index (κ3) is 7.63. The maximum Gasteiger partial charge on any atom is 0.328 e. The average Bonchev–Trinajstić information content (AvgIpc) is 2.97. The van der Waals surface area contributed by atoms with E-state index in [1.807, 2.05) is 0 Å². The van der Waals surface area contributed by atoms with Gasteiger partial charge in [-0.1, -0.05) is 32.9 Å². The quantitative estimate of drug-likeness (QED) is 0.123. The Balaban J connectivity index is 2.09. The van der Waals surface area contributed by atoms with E-state index in [-0.39, 0.29) is 17.9 Å². The number of hydrogen-bond acceptors (Lipinski definition) is 8. The van der Waals surface area contributed by atoms with Gasteiger partial charge in [0, 0.05) is 11.6 Å². The van der Waals surface area contributed by atoms with Crippen molar-refractivity contribution in [1.29, 1.82) is 0 Å². The van der Waals surface area contributed by atoms with Gasteiger partial charge in [-0.05, 0) is 37.8 Å². The summed E-state index contributed by atoms with van der Waals surface area (Å²) in [5.74, 6) is -16.1. The Kier molecular flexibility index (Phi) is 11.3. The zero-order valence-electron chi connectivity index (χ0n) is 24.2. The van der Waals surface area contributed by atoms with Crippen LogP contribution < -0.4 is 16.0 Å². The van der Waals surface area contributed by atoms with Gasteiger partial charge in [-0.15, -0.1) is 0 Å². The number of aliphatic hydroxyl groups is 2. The molecule has 0 spiro atoms. The number of phenols is 1. The molecular weight excluding hydrogens is 597 g/mol. The number of halogens is 5.